The molecule has 0 atom stereocenters. The van der Waals surface area contributed by atoms with Crippen LogP contribution in [0.5, 0.6) is 0 Å². The number of nitrogen functional groups attached to an aromatic ring is 2. The van der Waals surface area contributed by atoms with Crippen molar-refractivity contribution in [3.63, 3.8) is 0 Å². The van der Waals surface area contributed by atoms with Crippen molar-refractivity contribution in [2.75, 3.05) is 11.5 Å². The lowest BCUT2D eigenvalue weighted by atomic mass is 10.1. The van der Waals surface area contributed by atoms with E-state index >= 15 is 0 Å². The minimum Gasteiger partial charge on any atom is -0.399 e. The number of amides is 1. The Bertz CT molecular complexity index is 588. The molecule has 0 saturated carbocycles. The van der Waals surface area contributed by atoms with Gasteiger partial charge in [-0.2, -0.15) is 0 Å². The zero-order valence-electron chi connectivity index (χ0n) is 10.8. The molecule has 2 aromatic carbocycles. The van der Waals surface area contributed by atoms with Crippen LogP contribution in [-0.4, -0.2) is 5.91 Å². The molecule has 98 valence electrons. The van der Waals surface area contributed by atoms with Crippen LogP contribution in [0.2, 0.25) is 0 Å². The van der Waals surface area contributed by atoms with Crippen molar-refractivity contribution < 1.29 is 4.79 Å². The highest BCUT2D eigenvalue weighted by Gasteiger charge is 2.07. The molecule has 4 nitrogen and oxygen atoms in total. The topological polar surface area (TPSA) is 81.1 Å². The van der Waals surface area contributed by atoms with Gasteiger partial charge in [0.15, 0.2) is 0 Å². The third-order valence-corrected chi connectivity index (χ3v) is 2.94. The molecule has 19 heavy (non-hydrogen) atoms. The van der Waals surface area contributed by atoms with Crippen LogP contribution in [0.3, 0.4) is 0 Å². The van der Waals surface area contributed by atoms with Crippen LogP contribution >= 0.6 is 0 Å². The summed E-state index contributed by atoms with van der Waals surface area (Å²) in [6, 6.07) is 12.8. The summed E-state index contributed by atoms with van der Waals surface area (Å²) in [5, 5.41) is 2.86. The molecule has 0 radical (unpaired) electrons. The highest BCUT2D eigenvalue weighted by Crippen LogP contribution is 2.14. The molecule has 0 aromatic heterocycles. The van der Waals surface area contributed by atoms with Crippen molar-refractivity contribution in [2.45, 2.75) is 13.5 Å². The number of rotatable bonds is 3. The Hall–Kier alpha value is -2.49. The van der Waals surface area contributed by atoms with Crippen molar-refractivity contribution in [2.24, 2.45) is 0 Å². The van der Waals surface area contributed by atoms with Gasteiger partial charge < -0.3 is 16.8 Å². The summed E-state index contributed by atoms with van der Waals surface area (Å²) >= 11 is 0. The van der Waals surface area contributed by atoms with Crippen LogP contribution in [0.1, 0.15) is 21.5 Å². The van der Waals surface area contributed by atoms with Gasteiger partial charge in [-0.15, -0.1) is 0 Å². The molecule has 1 amide bonds. The van der Waals surface area contributed by atoms with E-state index in [0.717, 1.165) is 11.1 Å². The summed E-state index contributed by atoms with van der Waals surface area (Å²) in [5.74, 6) is -0.178. The van der Waals surface area contributed by atoms with Crippen LogP contribution in [0, 0.1) is 6.92 Å². The maximum absolute atomic E-state index is 12.0. The molecule has 0 aliphatic heterocycles. The summed E-state index contributed by atoms with van der Waals surface area (Å²) in [6.45, 7) is 2.50. The number of nitrogens with two attached hydrogens (primary N) is 2. The van der Waals surface area contributed by atoms with E-state index in [-0.39, 0.29) is 5.91 Å². The summed E-state index contributed by atoms with van der Waals surface area (Å²) in [7, 11) is 0. The second kappa shape index (κ2) is 5.44. The van der Waals surface area contributed by atoms with Gasteiger partial charge in [-0.25, -0.2) is 0 Å². The molecule has 0 spiro atoms. The standard InChI is InChI=1S/C15H17N3O/c1-10-4-2-3-5-11(10)9-18-15(19)12-6-13(16)8-14(17)7-12/h2-8H,9,16-17H2,1H3,(H,18,19). The van der Waals surface area contributed by atoms with Crippen molar-refractivity contribution in [3.05, 3.63) is 59.2 Å². The van der Waals surface area contributed by atoms with Gasteiger partial charge in [0.25, 0.3) is 5.91 Å². The van der Waals surface area contributed by atoms with Gasteiger partial charge in [-0.1, -0.05) is 24.3 Å². The Balaban J connectivity index is 2.08. The highest BCUT2D eigenvalue weighted by atomic mass is 16.1. The van der Waals surface area contributed by atoms with Crippen molar-refractivity contribution >= 4 is 17.3 Å². The molecule has 0 bridgehead atoms. The average Bonchev–Trinajstić information content (AvgIpc) is 2.36. The first-order valence-corrected chi connectivity index (χ1v) is 6.05. The Morgan fingerprint density at radius 2 is 1.74 bits per heavy atom. The minimum absolute atomic E-state index is 0.178. The number of benzene rings is 2. The molecule has 4 heteroatoms. The second-order valence-corrected chi connectivity index (χ2v) is 4.50. The summed E-state index contributed by atoms with van der Waals surface area (Å²) in [5.41, 5.74) is 15.0. The largest absolute Gasteiger partial charge is 0.399 e. The van der Waals surface area contributed by atoms with Crippen LogP contribution in [0.25, 0.3) is 0 Å². The normalized spacial score (nSPS) is 10.2. The van der Waals surface area contributed by atoms with E-state index in [1.54, 1.807) is 18.2 Å². The number of carbonyl (C=O) groups excluding carboxylic acids is 1. The molecule has 5 N–H and O–H groups in total. The number of anilines is 2. The van der Waals surface area contributed by atoms with E-state index in [4.69, 9.17) is 11.5 Å². The Labute approximate surface area is 112 Å². The Morgan fingerprint density at radius 1 is 1.11 bits per heavy atom. The summed E-state index contributed by atoms with van der Waals surface area (Å²) in [4.78, 5) is 12.0. The smallest absolute Gasteiger partial charge is 0.251 e. The lowest BCUT2D eigenvalue weighted by molar-refractivity contribution is 0.0951. The lowest BCUT2D eigenvalue weighted by Crippen LogP contribution is -2.23. The van der Waals surface area contributed by atoms with E-state index in [1.165, 1.54) is 0 Å². The van der Waals surface area contributed by atoms with Crippen molar-refractivity contribution in [1.82, 2.24) is 5.32 Å². The minimum atomic E-state index is -0.178. The predicted octanol–water partition coefficient (Wildman–Crippen LogP) is 2.09. The van der Waals surface area contributed by atoms with Crippen LogP contribution < -0.4 is 16.8 Å². The molecule has 0 aliphatic carbocycles. The molecule has 0 saturated heterocycles. The molecular formula is C15H17N3O. The zero-order valence-corrected chi connectivity index (χ0v) is 10.8. The van der Waals surface area contributed by atoms with Gasteiger partial charge in [-0.05, 0) is 36.2 Å². The van der Waals surface area contributed by atoms with Crippen LogP contribution in [0.4, 0.5) is 11.4 Å². The molecule has 0 aliphatic rings. The zero-order chi connectivity index (χ0) is 13.8. The second-order valence-electron chi connectivity index (χ2n) is 4.50. The van der Waals surface area contributed by atoms with Crippen LogP contribution in [0.15, 0.2) is 42.5 Å². The quantitative estimate of drug-likeness (QED) is 0.734. The van der Waals surface area contributed by atoms with Gasteiger partial charge in [-0.3, -0.25) is 4.79 Å². The predicted molar refractivity (Wildman–Crippen MR) is 77.6 cm³/mol. The lowest BCUT2D eigenvalue weighted by Gasteiger charge is -2.09. The molecule has 0 unspecified atom stereocenters. The number of aryl methyl sites for hydroxylation is 1. The first-order valence-electron chi connectivity index (χ1n) is 6.05. The van der Waals surface area contributed by atoms with Gasteiger partial charge in [0, 0.05) is 23.5 Å². The average molecular weight is 255 g/mol. The monoisotopic (exact) mass is 255 g/mol. The Morgan fingerprint density at radius 3 is 2.37 bits per heavy atom. The fourth-order valence-corrected chi connectivity index (χ4v) is 1.89. The Kier molecular flexibility index (Phi) is 3.71. The summed E-state index contributed by atoms with van der Waals surface area (Å²) < 4.78 is 0. The van der Waals surface area contributed by atoms with E-state index in [9.17, 15) is 4.79 Å². The fraction of sp³-hybridized carbons (Fsp3) is 0.133. The highest BCUT2D eigenvalue weighted by molar-refractivity contribution is 5.96. The third-order valence-electron chi connectivity index (χ3n) is 2.94. The first kappa shape index (κ1) is 13.0. The molecular weight excluding hydrogens is 238 g/mol. The first-order chi connectivity index (χ1) is 9.06. The third kappa shape index (κ3) is 3.25. The van der Waals surface area contributed by atoms with Crippen molar-refractivity contribution in [1.29, 1.82) is 0 Å². The molecule has 2 rings (SSSR count). The number of hydrogen-bond donors (Lipinski definition) is 3. The van der Waals surface area contributed by atoms with Gasteiger partial charge in [0.2, 0.25) is 0 Å². The van der Waals surface area contributed by atoms with Gasteiger partial charge in [0.05, 0.1) is 0 Å². The van der Waals surface area contributed by atoms with E-state index in [1.807, 2.05) is 31.2 Å². The maximum Gasteiger partial charge on any atom is 0.251 e. The SMILES string of the molecule is Cc1ccccc1CNC(=O)c1cc(N)cc(N)c1. The van der Waals surface area contributed by atoms with Gasteiger partial charge >= 0.3 is 0 Å². The fourth-order valence-electron chi connectivity index (χ4n) is 1.89. The van der Waals surface area contributed by atoms with E-state index < -0.39 is 0 Å². The molecule has 0 fully saturated rings. The molecule has 2 aromatic rings. The van der Waals surface area contributed by atoms with E-state index in [2.05, 4.69) is 5.32 Å². The number of carbonyl (C=O) groups is 1. The summed E-state index contributed by atoms with van der Waals surface area (Å²) in [6.07, 6.45) is 0. The number of nitrogens with one attached hydrogen (secondary N) is 1. The number of hydrogen-bond acceptors (Lipinski definition) is 3. The maximum atomic E-state index is 12.0. The van der Waals surface area contributed by atoms with Crippen molar-refractivity contribution in [3.8, 4) is 0 Å². The molecule has 0 heterocycles. The van der Waals surface area contributed by atoms with E-state index in [0.29, 0.717) is 23.5 Å². The van der Waals surface area contributed by atoms with Gasteiger partial charge in [0.1, 0.15) is 0 Å². The van der Waals surface area contributed by atoms with Crippen LogP contribution in [-0.2, 0) is 6.54 Å².